The van der Waals surface area contributed by atoms with E-state index in [2.05, 4.69) is 10.3 Å². The minimum Gasteiger partial charge on any atom is -0.497 e. The van der Waals surface area contributed by atoms with E-state index in [9.17, 15) is 9.59 Å². The van der Waals surface area contributed by atoms with Crippen molar-refractivity contribution in [1.82, 2.24) is 14.9 Å². The summed E-state index contributed by atoms with van der Waals surface area (Å²) in [4.78, 5) is 28.9. The number of nitrogens with zero attached hydrogens (tertiary/aromatic N) is 2. The third-order valence-electron chi connectivity index (χ3n) is 4.16. The summed E-state index contributed by atoms with van der Waals surface area (Å²) in [6, 6.07) is 13.2. The van der Waals surface area contributed by atoms with Crippen LogP contribution in [-0.2, 0) is 17.8 Å². The molecule has 1 N–H and O–H groups in total. The van der Waals surface area contributed by atoms with Gasteiger partial charge in [0.15, 0.2) is 0 Å². The Morgan fingerprint density at radius 1 is 1.23 bits per heavy atom. The van der Waals surface area contributed by atoms with Crippen molar-refractivity contribution < 1.29 is 9.53 Å². The number of fused-ring (bicyclic) bond motifs is 1. The number of hydrogen-bond acceptors (Lipinski definition) is 4. The van der Waals surface area contributed by atoms with Crippen molar-refractivity contribution in [2.75, 3.05) is 13.7 Å². The zero-order chi connectivity index (χ0) is 18.5. The monoisotopic (exact) mass is 351 g/mol. The summed E-state index contributed by atoms with van der Waals surface area (Å²) in [5.74, 6) is 0.571. The number of carbonyl (C=O) groups is 1. The smallest absolute Gasteiger partial charge is 0.261 e. The highest BCUT2D eigenvalue weighted by molar-refractivity contribution is 5.79. The molecule has 0 aliphatic heterocycles. The van der Waals surface area contributed by atoms with E-state index in [0.717, 1.165) is 16.9 Å². The zero-order valence-corrected chi connectivity index (χ0v) is 14.9. The van der Waals surface area contributed by atoms with Gasteiger partial charge in [0.2, 0.25) is 5.91 Å². The van der Waals surface area contributed by atoms with E-state index in [4.69, 9.17) is 4.74 Å². The lowest BCUT2D eigenvalue weighted by Crippen LogP contribution is -2.33. The Kier molecular flexibility index (Phi) is 5.31. The van der Waals surface area contributed by atoms with Gasteiger partial charge in [0.05, 0.1) is 24.3 Å². The summed E-state index contributed by atoms with van der Waals surface area (Å²) in [5, 5.41) is 3.36. The summed E-state index contributed by atoms with van der Waals surface area (Å²) in [7, 11) is 1.62. The fourth-order valence-electron chi connectivity index (χ4n) is 2.77. The highest BCUT2D eigenvalue weighted by Gasteiger charge is 2.08. The molecule has 3 rings (SSSR count). The van der Waals surface area contributed by atoms with Crippen LogP contribution in [0.4, 0.5) is 0 Å². The minimum atomic E-state index is -0.219. The maximum Gasteiger partial charge on any atom is 0.261 e. The fourth-order valence-corrected chi connectivity index (χ4v) is 2.77. The lowest BCUT2D eigenvalue weighted by atomic mass is 10.1. The van der Waals surface area contributed by atoms with Gasteiger partial charge in [0, 0.05) is 6.54 Å². The molecule has 1 heterocycles. The number of nitrogens with one attached hydrogen (secondary N) is 1. The third-order valence-corrected chi connectivity index (χ3v) is 4.16. The first-order valence-corrected chi connectivity index (χ1v) is 8.42. The van der Waals surface area contributed by atoms with Gasteiger partial charge in [-0.25, -0.2) is 4.98 Å². The van der Waals surface area contributed by atoms with E-state index in [1.165, 1.54) is 10.9 Å². The summed E-state index contributed by atoms with van der Waals surface area (Å²) in [6.07, 6.45) is 2.11. The Bertz CT molecular complexity index is 995. The van der Waals surface area contributed by atoms with Crippen LogP contribution in [0.3, 0.4) is 0 Å². The van der Waals surface area contributed by atoms with Crippen LogP contribution in [0.25, 0.3) is 10.9 Å². The first-order chi connectivity index (χ1) is 12.6. The normalized spacial score (nSPS) is 10.7. The van der Waals surface area contributed by atoms with Crippen LogP contribution in [0.5, 0.6) is 5.75 Å². The average Bonchev–Trinajstić information content (AvgIpc) is 2.64. The maximum atomic E-state index is 12.5. The molecule has 6 heteroatoms. The molecule has 26 heavy (non-hydrogen) atoms. The van der Waals surface area contributed by atoms with Gasteiger partial charge >= 0.3 is 0 Å². The third kappa shape index (κ3) is 4.08. The van der Waals surface area contributed by atoms with E-state index in [1.807, 2.05) is 43.3 Å². The van der Waals surface area contributed by atoms with Crippen LogP contribution in [0.1, 0.15) is 11.1 Å². The molecule has 1 aromatic heterocycles. The molecule has 0 saturated carbocycles. The van der Waals surface area contributed by atoms with Crippen molar-refractivity contribution in [1.29, 1.82) is 0 Å². The standard InChI is InChI=1S/C20H21N3O3/c1-14-6-7-18-17(10-14)20(25)23(13-22-18)12-19(24)21-9-8-15-4-3-5-16(11-15)26-2/h3-7,10-11,13H,8-9,12H2,1-2H3,(H,21,24). The Morgan fingerprint density at radius 3 is 2.88 bits per heavy atom. The second-order valence-electron chi connectivity index (χ2n) is 6.15. The first kappa shape index (κ1) is 17.7. The summed E-state index contributed by atoms with van der Waals surface area (Å²) in [5.41, 5.74) is 2.48. The van der Waals surface area contributed by atoms with Crippen LogP contribution in [0.15, 0.2) is 53.6 Å². The number of aromatic nitrogens is 2. The number of amides is 1. The topological polar surface area (TPSA) is 73.2 Å². The van der Waals surface area contributed by atoms with Gasteiger partial charge in [-0.05, 0) is 43.2 Å². The minimum absolute atomic E-state index is 0.0478. The number of methoxy groups -OCH3 is 1. The quantitative estimate of drug-likeness (QED) is 0.738. The molecule has 1 amide bonds. The fraction of sp³-hybridized carbons (Fsp3) is 0.250. The largest absolute Gasteiger partial charge is 0.497 e. The van der Waals surface area contributed by atoms with E-state index < -0.39 is 0 Å². The van der Waals surface area contributed by atoms with E-state index in [1.54, 1.807) is 13.2 Å². The second-order valence-corrected chi connectivity index (χ2v) is 6.15. The van der Waals surface area contributed by atoms with Crippen LogP contribution in [-0.4, -0.2) is 29.1 Å². The zero-order valence-electron chi connectivity index (χ0n) is 14.9. The molecule has 0 saturated heterocycles. The van der Waals surface area contributed by atoms with Crippen LogP contribution >= 0.6 is 0 Å². The number of benzene rings is 2. The van der Waals surface area contributed by atoms with Crippen LogP contribution < -0.4 is 15.6 Å². The maximum absolute atomic E-state index is 12.5. The molecule has 0 fully saturated rings. The van der Waals surface area contributed by atoms with Gasteiger partial charge in [-0.1, -0.05) is 23.8 Å². The Labute approximate surface area is 151 Å². The molecule has 0 radical (unpaired) electrons. The van der Waals surface area contributed by atoms with Gasteiger partial charge in [0.1, 0.15) is 12.3 Å². The highest BCUT2D eigenvalue weighted by atomic mass is 16.5. The molecule has 0 bridgehead atoms. The molecular weight excluding hydrogens is 330 g/mol. The summed E-state index contributed by atoms with van der Waals surface area (Å²) in [6.45, 7) is 2.36. The van der Waals surface area contributed by atoms with Crippen LogP contribution in [0, 0.1) is 6.92 Å². The molecule has 3 aromatic rings. The molecule has 6 nitrogen and oxygen atoms in total. The summed E-state index contributed by atoms with van der Waals surface area (Å²) >= 11 is 0. The van der Waals surface area contributed by atoms with Gasteiger partial charge < -0.3 is 10.1 Å². The number of rotatable bonds is 6. The van der Waals surface area contributed by atoms with Gasteiger partial charge in [-0.15, -0.1) is 0 Å². The predicted octanol–water partition coefficient (Wildman–Crippen LogP) is 2.07. The molecular formula is C20H21N3O3. The Hall–Kier alpha value is -3.15. The molecule has 0 spiro atoms. The van der Waals surface area contributed by atoms with E-state index >= 15 is 0 Å². The number of ether oxygens (including phenoxy) is 1. The van der Waals surface area contributed by atoms with Crippen molar-refractivity contribution in [3.05, 3.63) is 70.3 Å². The Morgan fingerprint density at radius 2 is 2.08 bits per heavy atom. The van der Waals surface area contributed by atoms with Crippen molar-refractivity contribution >= 4 is 16.8 Å². The van der Waals surface area contributed by atoms with Crippen molar-refractivity contribution in [2.24, 2.45) is 0 Å². The SMILES string of the molecule is COc1cccc(CCNC(=O)Cn2cnc3ccc(C)cc3c2=O)c1. The predicted molar refractivity (Wildman–Crippen MR) is 100 cm³/mol. The lowest BCUT2D eigenvalue weighted by molar-refractivity contribution is -0.121. The average molecular weight is 351 g/mol. The number of carbonyl (C=O) groups excluding carboxylic acids is 1. The molecule has 0 atom stereocenters. The van der Waals surface area contributed by atoms with Crippen molar-refractivity contribution in [2.45, 2.75) is 19.9 Å². The highest BCUT2D eigenvalue weighted by Crippen LogP contribution is 2.12. The second kappa shape index (κ2) is 7.82. The lowest BCUT2D eigenvalue weighted by Gasteiger charge is -2.09. The van der Waals surface area contributed by atoms with E-state index in [-0.39, 0.29) is 18.0 Å². The van der Waals surface area contributed by atoms with Crippen molar-refractivity contribution in [3.63, 3.8) is 0 Å². The van der Waals surface area contributed by atoms with Gasteiger partial charge in [0.25, 0.3) is 5.56 Å². The summed E-state index contributed by atoms with van der Waals surface area (Å²) < 4.78 is 6.52. The number of hydrogen-bond donors (Lipinski definition) is 1. The molecule has 2 aromatic carbocycles. The van der Waals surface area contributed by atoms with Gasteiger partial charge in [-0.2, -0.15) is 0 Å². The Balaban J connectivity index is 1.62. The molecule has 0 aliphatic rings. The molecule has 134 valence electrons. The van der Waals surface area contributed by atoms with Crippen molar-refractivity contribution in [3.8, 4) is 5.75 Å². The van der Waals surface area contributed by atoms with Gasteiger partial charge in [-0.3, -0.25) is 14.2 Å². The molecule has 0 aliphatic carbocycles. The first-order valence-electron chi connectivity index (χ1n) is 8.42. The van der Waals surface area contributed by atoms with Crippen LogP contribution in [0.2, 0.25) is 0 Å². The van der Waals surface area contributed by atoms with E-state index in [0.29, 0.717) is 23.9 Å². The number of aryl methyl sites for hydroxylation is 1. The molecule has 0 unspecified atom stereocenters.